The number of nitrogens with two attached hydrogens (primary N) is 1. The Morgan fingerprint density at radius 3 is 3.05 bits per heavy atom. The van der Waals surface area contributed by atoms with Gasteiger partial charge in [0.15, 0.2) is 0 Å². The molecule has 3 rings (SSSR count). The van der Waals surface area contributed by atoms with Crippen LogP contribution in [0.1, 0.15) is 30.2 Å². The monoisotopic (exact) mass is 346 g/mol. The van der Waals surface area contributed by atoms with E-state index >= 15 is 0 Å². The molecule has 0 saturated carbocycles. The van der Waals surface area contributed by atoms with Crippen molar-refractivity contribution in [3.63, 3.8) is 0 Å². The van der Waals surface area contributed by atoms with E-state index in [9.17, 15) is 0 Å². The first kappa shape index (κ1) is 14.0. The van der Waals surface area contributed by atoms with E-state index < -0.39 is 0 Å². The van der Waals surface area contributed by atoms with E-state index in [2.05, 4.69) is 32.8 Å². The molecule has 0 amide bonds. The predicted molar refractivity (Wildman–Crippen MR) is 78.9 cm³/mol. The highest BCUT2D eigenvalue weighted by Crippen LogP contribution is 2.42. The van der Waals surface area contributed by atoms with Gasteiger partial charge in [-0.1, -0.05) is 0 Å². The Kier molecular flexibility index (Phi) is 4.26. The molecule has 106 valence electrons. The average Bonchev–Trinajstić information content (AvgIpc) is 3.01. The molecular weight excluding hydrogens is 328 g/mol. The summed E-state index contributed by atoms with van der Waals surface area (Å²) in [5, 5.41) is 2.10. The molecule has 0 bridgehead atoms. The molecule has 2 aliphatic heterocycles. The summed E-state index contributed by atoms with van der Waals surface area (Å²) in [4.78, 5) is 1.29. The van der Waals surface area contributed by atoms with Crippen molar-refractivity contribution in [2.75, 3.05) is 19.8 Å². The minimum Gasteiger partial charge on any atom is -0.378 e. The van der Waals surface area contributed by atoms with Gasteiger partial charge in [0, 0.05) is 34.4 Å². The van der Waals surface area contributed by atoms with Crippen molar-refractivity contribution in [1.29, 1.82) is 0 Å². The Bertz CT molecular complexity index is 434. The van der Waals surface area contributed by atoms with E-state index in [0.717, 1.165) is 43.6 Å². The maximum absolute atomic E-state index is 5.99. The summed E-state index contributed by atoms with van der Waals surface area (Å²) in [5.41, 5.74) is 2.94. The highest BCUT2D eigenvalue weighted by Gasteiger charge is 2.43. The second-order valence-electron chi connectivity index (χ2n) is 5.40. The SMILES string of the molecule is NNC(c1cc(Br)cs1)C1CCOC2(CCOC2)C1. The molecule has 6 heteroatoms. The third kappa shape index (κ3) is 2.89. The first-order chi connectivity index (χ1) is 9.22. The van der Waals surface area contributed by atoms with Gasteiger partial charge in [0.05, 0.1) is 18.2 Å². The standard InChI is InChI=1S/C13H19BrN2O2S/c14-10-5-11(19-7-10)12(16-15)9-1-3-18-13(6-9)2-4-17-8-13/h5,7,9,12,16H,1-4,6,8,15H2. The number of rotatable bonds is 3. The molecule has 19 heavy (non-hydrogen) atoms. The number of halogens is 1. The Morgan fingerprint density at radius 1 is 1.53 bits per heavy atom. The van der Waals surface area contributed by atoms with Gasteiger partial charge in [0.2, 0.25) is 0 Å². The van der Waals surface area contributed by atoms with Crippen molar-refractivity contribution in [2.45, 2.75) is 30.9 Å². The van der Waals surface area contributed by atoms with Crippen LogP contribution in [-0.4, -0.2) is 25.4 Å². The Hall–Kier alpha value is 0.0200. The van der Waals surface area contributed by atoms with E-state index in [1.54, 1.807) is 11.3 Å². The van der Waals surface area contributed by atoms with Crippen LogP contribution in [0.3, 0.4) is 0 Å². The average molecular weight is 347 g/mol. The summed E-state index contributed by atoms with van der Waals surface area (Å²) < 4.78 is 12.6. The number of ether oxygens (including phenoxy) is 2. The fourth-order valence-corrected chi connectivity index (χ4v) is 4.75. The summed E-state index contributed by atoms with van der Waals surface area (Å²) in [6, 6.07) is 2.36. The van der Waals surface area contributed by atoms with Gasteiger partial charge in [0.25, 0.3) is 0 Å². The summed E-state index contributed by atoms with van der Waals surface area (Å²) in [7, 11) is 0. The fraction of sp³-hybridized carbons (Fsp3) is 0.692. The first-order valence-electron chi connectivity index (χ1n) is 6.64. The van der Waals surface area contributed by atoms with Gasteiger partial charge in [-0.25, -0.2) is 0 Å². The molecule has 1 aromatic heterocycles. The minimum atomic E-state index is -0.0630. The third-order valence-corrected chi connectivity index (χ3v) is 5.92. The number of hydrogen-bond donors (Lipinski definition) is 2. The van der Waals surface area contributed by atoms with Crippen LogP contribution in [0.4, 0.5) is 0 Å². The molecule has 3 atom stereocenters. The van der Waals surface area contributed by atoms with Crippen molar-refractivity contribution in [1.82, 2.24) is 5.43 Å². The van der Waals surface area contributed by atoms with Gasteiger partial charge in [-0.15, -0.1) is 11.3 Å². The Balaban J connectivity index is 1.76. The quantitative estimate of drug-likeness (QED) is 0.652. The lowest BCUT2D eigenvalue weighted by atomic mass is 9.81. The summed E-state index contributed by atoms with van der Waals surface area (Å²) in [6.07, 6.45) is 3.08. The molecule has 0 aliphatic carbocycles. The van der Waals surface area contributed by atoms with E-state index in [0.29, 0.717) is 5.92 Å². The van der Waals surface area contributed by atoms with Crippen LogP contribution in [0.25, 0.3) is 0 Å². The lowest BCUT2D eigenvalue weighted by Crippen LogP contribution is -2.45. The highest BCUT2D eigenvalue weighted by molar-refractivity contribution is 9.10. The van der Waals surface area contributed by atoms with Gasteiger partial charge in [-0.2, -0.15) is 0 Å². The number of thiophene rings is 1. The van der Waals surface area contributed by atoms with Gasteiger partial charge in [-0.05, 0) is 40.8 Å². The second-order valence-corrected chi connectivity index (χ2v) is 7.26. The van der Waals surface area contributed by atoms with Crippen LogP contribution in [0.5, 0.6) is 0 Å². The largest absolute Gasteiger partial charge is 0.378 e. The number of hydrazine groups is 1. The molecule has 1 spiro atoms. The van der Waals surface area contributed by atoms with E-state index in [1.807, 2.05) is 0 Å². The number of nitrogens with one attached hydrogen (secondary N) is 1. The molecule has 4 nitrogen and oxygen atoms in total. The van der Waals surface area contributed by atoms with E-state index in [1.165, 1.54) is 4.88 Å². The second kappa shape index (κ2) is 5.79. The topological polar surface area (TPSA) is 56.5 Å². The predicted octanol–water partition coefficient (Wildman–Crippen LogP) is 2.60. The van der Waals surface area contributed by atoms with Crippen molar-refractivity contribution >= 4 is 27.3 Å². The lowest BCUT2D eigenvalue weighted by molar-refractivity contribution is -0.103. The summed E-state index contributed by atoms with van der Waals surface area (Å²) in [5.74, 6) is 6.31. The molecule has 2 fully saturated rings. The van der Waals surface area contributed by atoms with Crippen LogP contribution in [0.15, 0.2) is 15.9 Å². The van der Waals surface area contributed by atoms with Crippen molar-refractivity contribution in [3.8, 4) is 0 Å². The Labute approximate surface area is 125 Å². The first-order valence-corrected chi connectivity index (χ1v) is 8.31. The highest BCUT2D eigenvalue weighted by atomic mass is 79.9. The maximum atomic E-state index is 5.99. The molecule has 3 N–H and O–H groups in total. The molecule has 1 aromatic rings. The van der Waals surface area contributed by atoms with Crippen LogP contribution in [-0.2, 0) is 9.47 Å². The zero-order valence-electron chi connectivity index (χ0n) is 10.7. The van der Waals surface area contributed by atoms with Crippen LogP contribution >= 0.6 is 27.3 Å². The fourth-order valence-electron chi connectivity index (χ4n) is 3.16. The normalized spacial score (nSPS) is 32.8. The molecule has 2 aliphatic rings. The zero-order valence-corrected chi connectivity index (χ0v) is 13.1. The third-order valence-electron chi connectivity index (χ3n) is 4.14. The molecule has 3 unspecified atom stereocenters. The van der Waals surface area contributed by atoms with Crippen molar-refractivity contribution in [2.24, 2.45) is 11.8 Å². The molecule has 0 radical (unpaired) electrons. The van der Waals surface area contributed by atoms with Gasteiger partial charge in [0.1, 0.15) is 0 Å². The van der Waals surface area contributed by atoms with E-state index in [4.69, 9.17) is 15.3 Å². The lowest BCUT2D eigenvalue weighted by Gasteiger charge is -2.40. The number of hydrogen-bond acceptors (Lipinski definition) is 5. The van der Waals surface area contributed by atoms with E-state index in [-0.39, 0.29) is 11.6 Å². The van der Waals surface area contributed by atoms with Gasteiger partial charge < -0.3 is 9.47 Å². The smallest absolute Gasteiger partial charge is 0.0940 e. The molecule has 3 heterocycles. The molecular formula is C13H19BrN2O2S. The van der Waals surface area contributed by atoms with Gasteiger partial charge in [-0.3, -0.25) is 11.3 Å². The van der Waals surface area contributed by atoms with Crippen molar-refractivity contribution < 1.29 is 9.47 Å². The molecule has 2 saturated heterocycles. The van der Waals surface area contributed by atoms with Crippen LogP contribution in [0, 0.1) is 5.92 Å². The Morgan fingerprint density at radius 2 is 2.42 bits per heavy atom. The maximum Gasteiger partial charge on any atom is 0.0940 e. The molecule has 0 aromatic carbocycles. The zero-order chi connectivity index (χ0) is 13.3. The summed E-state index contributed by atoms with van der Waals surface area (Å²) in [6.45, 7) is 2.35. The summed E-state index contributed by atoms with van der Waals surface area (Å²) >= 11 is 5.26. The minimum absolute atomic E-state index is 0.0630. The van der Waals surface area contributed by atoms with Crippen LogP contribution < -0.4 is 11.3 Å². The van der Waals surface area contributed by atoms with Crippen LogP contribution in [0.2, 0.25) is 0 Å². The van der Waals surface area contributed by atoms with Gasteiger partial charge >= 0.3 is 0 Å². The van der Waals surface area contributed by atoms with Crippen molar-refractivity contribution in [3.05, 3.63) is 20.8 Å².